The van der Waals surface area contributed by atoms with E-state index in [1.165, 1.54) is 12.3 Å². The molecule has 0 aliphatic carbocycles. The first-order valence-corrected chi connectivity index (χ1v) is 12.9. The summed E-state index contributed by atoms with van der Waals surface area (Å²) in [5.41, 5.74) is -0.497. The van der Waals surface area contributed by atoms with Gasteiger partial charge in [-0.2, -0.15) is 0 Å². The average Bonchev–Trinajstić information content (AvgIpc) is 2.88. The Kier molecular flexibility index (Phi) is 7.62. The van der Waals surface area contributed by atoms with E-state index in [0.717, 1.165) is 48.8 Å². The molecule has 4 rings (SSSR count). The van der Waals surface area contributed by atoms with E-state index in [1.54, 1.807) is 6.07 Å². The summed E-state index contributed by atoms with van der Waals surface area (Å²) < 4.78 is 47.6. The van der Waals surface area contributed by atoms with Crippen molar-refractivity contribution in [2.75, 3.05) is 32.8 Å². The molecule has 2 aliphatic rings. The van der Waals surface area contributed by atoms with Crippen LogP contribution in [0.25, 0.3) is 5.57 Å². The second kappa shape index (κ2) is 10.7. The van der Waals surface area contributed by atoms with Crippen LogP contribution in [0.5, 0.6) is 5.75 Å². The number of pyridine rings is 1. The number of sulfonamides is 1. The molecule has 192 valence electrons. The van der Waals surface area contributed by atoms with Crippen molar-refractivity contribution < 1.29 is 27.3 Å². The lowest BCUT2D eigenvalue weighted by molar-refractivity contribution is -0.386. The van der Waals surface area contributed by atoms with Crippen molar-refractivity contribution in [3.05, 3.63) is 64.0 Å². The number of hydrogen-bond donors (Lipinski definition) is 3. The molecular weight excluding hydrogens is 493 g/mol. The average molecular weight is 520 g/mol. The normalized spacial score (nSPS) is 17.6. The van der Waals surface area contributed by atoms with Gasteiger partial charge in [0.1, 0.15) is 18.0 Å². The smallest absolute Gasteiger partial charge is 0.312 e. The molecular formula is C23H26FN5O6S. The molecule has 2 aromatic rings. The van der Waals surface area contributed by atoms with Crippen LogP contribution in [-0.4, -0.2) is 62.7 Å². The van der Waals surface area contributed by atoms with Crippen LogP contribution >= 0.6 is 0 Å². The van der Waals surface area contributed by atoms with Gasteiger partial charge >= 0.3 is 5.69 Å². The molecule has 1 fully saturated rings. The predicted octanol–water partition coefficient (Wildman–Crippen LogP) is 1.96. The Morgan fingerprint density at radius 1 is 1.19 bits per heavy atom. The molecule has 1 saturated heterocycles. The standard InChI is InChI=1S/C23H26FN5O6S/c24-23(7-11-26-12-8-23)15-35-21-4-2-18(13-20(21)29(31)32)36(33,34)28-22(30)19-3-1-17(14-27-19)16-5-9-25-10-6-16/h1-5,13-14,25-26H,6-12,15H2,(H,28,30). The van der Waals surface area contributed by atoms with E-state index in [9.17, 15) is 27.7 Å². The maximum atomic E-state index is 14.8. The fraction of sp³-hybridized carbons (Fsp3) is 0.391. The zero-order valence-corrected chi connectivity index (χ0v) is 20.1. The molecule has 1 amide bonds. The third-order valence-electron chi connectivity index (χ3n) is 6.08. The van der Waals surface area contributed by atoms with E-state index in [1.807, 2.05) is 10.8 Å². The lowest BCUT2D eigenvalue weighted by Gasteiger charge is -2.29. The highest BCUT2D eigenvalue weighted by Crippen LogP contribution is 2.32. The van der Waals surface area contributed by atoms with E-state index >= 15 is 0 Å². The summed E-state index contributed by atoms with van der Waals surface area (Å²) >= 11 is 0. The number of amides is 1. The highest BCUT2D eigenvalue weighted by atomic mass is 32.2. The fourth-order valence-corrected chi connectivity index (χ4v) is 4.97. The summed E-state index contributed by atoms with van der Waals surface area (Å²) in [7, 11) is -4.46. The summed E-state index contributed by atoms with van der Waals surface area (Å²) in [6.45, 7) is 2.09. The Labute approximate surface area is 207 Å². The zero-order valence-electron chi connectivity index (χ0n) is 19.3. The summed E-state index contributed by atoms with van der Waals surface area (Å²) in [6, 6.07) is 6.02. The highest BCUT2D eigenvalue weighted by molar-refractivity contribution is 7.90. The molecule has 0 unspecified atom stereocenters. The van der Waals surface area contributed by atoms with E-state index in [0.29, 0.717) is 13.1 Å². The van der Waals surface area contributed by atoms with Crippen LogP contribution in [-0.2, 0) is 10.0 Å². The number of benzene rings is 1. The molecule has 11 nitrogen and oxygen atoms in total. The van der Waals surface area contributed by atoms with Gasteiger partial charge in [-0.3, -0.25) is 19.9 Å². The molecule has 36 heavy (non-hydrogen) atoms. The Balaban J connectivity index is 1.47. The van der Waals surface area contributed by atoms with Gasteiger partial charge in [0, 0.05) is 18.8 Å². The van der Waals surface area contributed by atoms with Crippen molar-refractivity contribution in [3.63, 3.8) is 0 Å². The molecule has 0 spiro atoms. The maximum Gasteiger partial charge on any atom is 0.312 e. The molecule has 1 aromatic heterocycles. The van der Waals surface area contributed by atoms with Crippen LogP contribution in [0, 0.1) is 10.1 Å². The number of carbonyl (C=O) groups is 1. The van der Waals surface area contributed by atoms with Gasteiger partial charge in [-0.25, -0.2) is 17.5 Å². The summed E-state index contributed by atoms with van der Waals surface area (Å²) in [5, 5.41) is 17.8. The Bertz CT molecular complexity index is 1280. The Hall–Kier alpha value is -3.42. The third kappa shape index (κ3) is 6.04. The first-order chi connectivity index (χ1) is 17.2. The van der Waals surface area contributed by atoms with Gasteiger partial charge in [0.25, 0.3) is 15.9 Å². The Morgan fingerprint density at radius 3 is 2.61 bits per heavy atom. The van der Waals surface area contributed by atoms with Gasteiger partial charge in [-0.15, -0.1) is 0 Å². The summed E-state index contributed by atoms with van der Waals surface area (Å²) in [6.07, 6.45) is 4.72. The fourth-order valence-electron chi connectivity index (χ4n) is 3.99. The zero-order chi connectivity index (χ0) is 25.8. The van der Waals surface area contributed by atoms with Crippen LogP contribution in [0.2, 0.25) is 0 Å². The number of nitrogens with one attached hydrogen (secondary N) is 3. The monoisotopic (exact) mass is 519 g/mol. The van der Waals surface area contributed by atoms with E-state index < -0.39 is 43.7 Å². The number of nitro groups is 1. The van der Waals surface area contributed by atoms with Crippen molar-refractivity contribution in [3.8, 4) is 5.75 Å². The van der Waals surface area contributed by atoms with Gasteiger partial charge in [-0.05, 0) is 68.2 Å². The van der Waals surface area contributed by atoms with Gasteiger partial charge in [0.2, 0.25) is 0 Å². The van der Waals surface area contributed by atoms with Crippen LogP contribution in [0.4, 0.5) is 10.1 Å². The molecule has 0 radical (unpaired) electrons. The van der Waals surface area contributed by atoms with E-state index in [2.05, 4.69) is 15.6 Å². The van der Waals surface area contributed by atoms with Gasteiger partial charge < -0.3 is 15.4 Å². The SMILES string of the molecule is O=C(NS(=O)(=O)c1ccc(OCC2(F)CCNCC2)c([N+](=O)[O-])c1)c1ccc(C2=CCNCC2)cn1. The lowest BCUT2D eigenvalue weighted by atomic mass is 9.95. The first-order valence-electron chi connectivity index (χ1n) is 11.4. The van der Waals surface area contributed by atoms with E-state index in [-0.39, 0.29) is 24.3 Å². The number of halogens is 1. The largest absolute Gasteiger partial charge is 0.483 e. The highest BCUT2D eigenvalue weighted by Gasteiger charge is 2.34. The Morgan fingerprint density at radius 2 is 1.97 bits per heavy atom. The number of hydrogen-bond acceptors (Lipinski definition) is 9. The predicted molar refractivity (Wildman–Crippen MR) is 129 cm³/mol. The van der Waals surface area contributed by atoms with Crippen molar-refractivity contribution >= 4 is 27.2 Å². The second-order valence-corrected chi connectivity index (χ2v) is 10.3. The first kappa shape index (κ1) is 25.7. The minimum absolute atomic E-state index is 0.124. The summed E-state index contributed by atoms with van der Waals surface area (Å²) in [5.74, 6) is -1.24. The number of piperidine rings is 1. The van der Waals surface area contributed by atoms with Crippen LogP contribution < -0.4 is 20.1 Å². The van der Waals surface area contributed by atoms with Crippen molar-refractivity contribution in [2.45, 2.75) is 29.8 Å². The minimum Gasteiger partial charge on any atom is -0.483 e. The molecule has 3 heterocycles. The minimum atomic E-state index is -4.46. The molecule has 1 aromatic carbocycles. The second-order valence-electron chi connectivity index (χ2n) is 8.63. The summed E-state index contributed by atoms with van der Waals surface area (Å²) in [4.78, 5) is 26.8. The lowest BCUT2D eigenvalue weighted by Crippen LogP contribution is -2.42. The molecule has 3 N–H and O–H groups in total. The van der Waals surface area contributed by atoms with Crippen LogP contribution in [0.3, 0.4) is 0 Å². The van der Waals surface area contributed by atoms with E-state index in [4.69, 9.17) is 4.74 Å². The van der Waals surface area contributed by atoms with Gasteiger partial charge in [0.05, 0.1) is 9.82 Å². The quantitative estimate of drug-likeness (QED) is 0.351. The van der Waals surface area contributed by atoms with Crippen LogP contribution in [0.15, 0.2) is 47.5 Å². The molecule has 0 bridgehead atoms. The van der Waals surface area contributed by atoms with Crippen molar-refractivity contribution in [1.82, 2.24) is 20.3 Å². The number of alkyl halides is 1. The third-order valence-corrected chi connectivity index (χ3v) is 7.41. The van der Waals surface area contributed by atoms with Gasteiger partial charge in [-0.1, -0.05) is 12.1 Å². The van der Waals surface area contributed by atoms with Gasteiger partial charge in [0.15, 0.2) is 5.75 Å². The number of carbonyl (C=O) groups excluding carboxylic acids is 1. The molecule has 0 atom stereocenters. The topological polar surface area (TPSA) is 153 Å². The maximum absolute atomic E-state index is 14.8. The number of aromatic nitrogens is 1. The van der Waals surface area contributed by atoms with Crippen molar-refractivity contribution in [1.29, 1.82) is 0 Å². The number of rotatable bonds is 8. The number of nitro benzene ring substituents is 1. The van der Waals surface area contributed by atoms with Crippen molar-refractivity contribution in [2.24, 2.45) is 0 Å². The number of nitrogens with zero attached hydrogens (tertiary/aromatic N) is 2. The van der Waals surface area contributed by atoms with Crippen LogP contribution in [0.1, 0.15) is 35.3 Å². The number of ether oxygens (including phenoxy) is 1. The molecule has 0 saturated carbocycles. The molecule has 13 heteroatoms. The molecule has 2 aliphatic heterocycles.